The summed E-state index contributed by atoms with van der Waals surface area (Å²) in [7, 11) is -1.83. The first-order valence-corrected chi connectivity index (χ1v) is 7.09. The van der Waals surface area contributed by atoms with Crippen molar-refractivity contribution < 1.29 is 18.0 Å². The van der Waals surface area contributed by atoms with Crippen LogP contribution in [-0.2, 0) is 14.9 Å². The van der Waals surface area contributed by atoms with Gasteiger partial charge in [0.05, 0.1) is 18.6 Å². The zero-order valence-electron chi connectivity index (χ0n) is 9.92. The maximum atomic E-state index is 11.7. The number of carbonyl (C=O) groups excluding carboxylic acids is 1. The highest BCUT2D eigenvalue weighted by molar-refractivity contribution is 7.93. The molecule has 1 aliphatic heterocycles. The highest BCUT2D eigenvalue weighted by atomic mass is 32.2. The Morgan fingerprint density at radius 2 is 2.00 bits per heavy atom. The molecule has 0 saturated carbocycles. The Bertz CT molecular complexity index is 539. The Morgan fingerprint density at radius 3 is 2.50 bits per heavy atom. The van der Waals surface area contributed by atoms with Crippen molar-refractivity contribution in [3.05, 3.63) is 29.8 Å². The van der Waals surface area contributed by atoms with Gasteiger partial charge in [-0.3, -0.25) is 13.9 Å². The van der Waals surface area contributed by atoms with Gasteiger partial charge in [0.25, 0.3) is 5.91 Å². The van der Waals surface area contributed by atoms with Crippen molar-refractivity contribution >= 4 is 21.6 Å². The van der Waals surface area contributed by atoms with Gasteiger partial charge >= 0.3 is 0 Å². The summed E-state index contributed by atoms with van der Waals surface area (Å²) in [5, 5.41) is 0. The summed E-state index contributed by atoms with van der Waals surface area (Å²) in [5.41, 5.74) is 3.20. The molecule has 1 amide bonds. The van der Waals surface area contributed by atoms with Crippen LogP contribution in [0.5, 0.6) is 0 Å². The first-order chi connectivity index (χ1) is 8.54. The number of hydroxylamine groups is 1. The highest BCUT2D eigenvalue weighted by Crippen LogP contribution is 2.24. The molecule has 1 aromatic carbocycles. The van der Waals surface area contributed by atoms with E-state index >= 15 is 0 Å². The summed E-state index contributed by atoms with van der Waals surface area (Å²) in [6.45, 7) is 0.492. The van der Waals surface area contributed by atoms with E-state index in [0.29, 0.717) is 24.2 Å². The molecule has 0 aliphatic carbocycles. The zero-order chi connectivity index (χ0) is 13.2. The van der Waals surface area contributed by atoms with Gasteiger partial charge in [0, 0.05) is 12.1 Å². The van der Waals surface area contributed by atoms with Crippen molar-refractivity contribution in [1.29, 1.82) is 0 Å². The second-order valence-electron chi connectivity index (χ2n) is 3.92. The van der Waals surface area contributed by atoms with E-state index in [1.807, 2.05) is 0 Å². The SMILES string of the molecule is CONC(=O)c1ccc(N2CCCS2(=O)=O)cc1. The molecule has 1 aromatic rings. The minimum atomic E-state index is -3.18. The molecule has 18 heavy (non-hydrogen) atoms. The Balaban J connectivity index is 2.20. The highest BCUT2D eigenvalue weighted by Gasteiger charge is 2.28. The Kier molecular flexibility index (Phi) is 3.53. The number of anilines is 1. The van der Waals surface area contributed by atoms with Gasteiger partial charge in [0.1, 0.15) is 0 Å². The molecule has 1 fully saturated rings. The quantitative estimate of drug-likeness (QED) is 0.812. The maximum Gasteiger partial charge on any atom is 0.274 e. The predicted molar refractivity (Wildman–Crippen MR) is 66.7 cm³/mol. The third-order valence-corrected chi connectivity index (χ3v) is 4.58. The third kappa shape index (κ3) is 2.46. The van der Waals surface area contributed by atoms with E-state index in [0.717, 1.165) is 0 Å². The molecule has 7 heteroatoms. The summed E-state index contributed by atoms with van der Waals surface area (Å²) in [4.78, 5) is 16.0. The molecule has 0 atom stereocenters. The fourth-order valence-corrected chi connectivity index (χ4v) is 3.42. The van der Waals surface area contributed by atoms with Crippen LogP contribution < -0.4 is 9.79 Å². The maximum absolute atomic E-state index is 11.7. The molecular formula is C11H14N2O4S. The smallest absolute Gasteiger partial charge is 0.274 e. The molecule has 1 heterocycles. The van der Waals surface area contributed by atoms with Crippen LogP contribution in [0.4, 0.5) is 5.69 Å². The van der Waals surface area contributed by atoms with Crippen LogP contribution in [0.2, 0.25) is 0 Å². The number of carbonyl (C=O) groups is 1. The van der Waals surface area contributed by atoms with Crippen LogP contribution in [0.1, 0.15) is 16.8 Å². The van der Waals surface area contributed by atoms with Gasteiger partial charge < -0.3 is 0 Å². The molecule has 0 aromatic heterocycles. The molecule has 1 N–H and O–H groups in total. The molecule has 1 aliphatic rings. The molecule has 98 valence electrons. The van der Waals surface area contributed by atoms with E-state index in [4.69, 9.17) is 0 Å². The number of nitrogens with zero attached hydrogens (tertiary/aromatic N) is 1. The number of benzene rings is 1. The summed E-state index contributed by atoms with van der Waals surface area (Å²) in [5.74, 6) is -0.188. The first-order valence-electron chi connectivity index (χ1n) is 5.48. The number of amides is 1. The van der Waals surface area contributed by atoms with E-state index < -0.39 is 10.0 Å². The van der Waals surface area contributed by atoms with Crippen molar-refractivity contribution in [2.24, 2.45) is 0 Å². The Morgan fingerprint density at radius 1 is 1.33 bits per heavy atom. The Hall–Kier alpha value is -1.60. The van der Waals surface area contributed by atoms with Crippen LogP contribution in [0.3, 0.4) is 0 Å². The zero-order valence-corrected chi connectivity index (χ0v) is 10.7. The summed E-state index contributed by atoms with van der Waals surface area (Å²) in [6, 6.07) is 6.37. The van der Waals surface area contributed by atoms with Crippen LogP contribution in [0.15, 0.2) is 24.3 Å². The monoisotopic (exact) mass is 270 g/mol. The summed E-state index contributed by atoms with van der Waals surface area (Å²) < 4.78 is 24.8. The van der Waals surface area contributed by atoms with E-state index in [9.17, 15) is 13.2 Å². The van der Waals surface area contributed by atoms with E-state index in [1.165, 1.54) is 11.4 Å². The average Bonchev–Trinajstić information content (AvgIpc) is 2.69. The van der Waals surface area contributed by atoms with Gasteiger partial charge in [-0.2, -0.15) is 0 Å². The van der Waals surface area contributed by atoms with Crippen molar-refractivity contribution in [1.82, 2.24) is 5.48 Å². The number of nitrogens with one attached hydrogen (secondary N) is 1. The normalized spacial score (nSPS) is 17.7. The van der Waals surface area contributed by atoms with Gasteiger partial charge in [0.2, 0.25) is 10.0 Å². The fourth-order valence-electron chi connectivity index (χ4n) is 1.86. The second kappa shape index (κ2) is 4.95. The van der Waals surface area contributed by atoms with Gasteiger partial charge in [-0.05, 0) is 30.7 Å². The summed E-state index contributed by atoms with van der Waals surface area (Å²) >= 11 is 0. The third-order valence-electron chi connectivity index (χ3n) is 2.71. The van der Waals surface area contributed by atoms with Crippen molar-refractivity contribution in [3.63, 3.8) is 0 Å². The van der Waals surface area contributed by atoms with Crippen LogP contribution in [-0.4, -0.2) is 33.7 Å². The van der Waals surface area contributed by atoms with Gasteiger partial charge in [-0.25, -0.2) is 13.9 Å². The van der Waals surface area contributed by atoms with Crippen LogP contribution in [0.25, 0.3) is 0 Å². The van der Waals surface area contributed by atoms with Crippen molar-refractivity contribution in [3.8, 4) is 0 Å². The van der Waals surface area contributed by atoms with Crippen LogP contribution >= 0.6 is 0 Å². The molecule has 0 unspecified atom stereocenters. The molecule has 0 bridgehead atoms. The van der Waals surface area contributed by atoms with E-state index in [1.54, 1.807) is 24.3 Å². The van der Waals surface area contributed by atoms with Gasteiger partial charge in [-0.1, -0.05) is 0 Å². The lowest BCUT2D eigenvalue weighted by molar-refractivity contribution is 0.0537. The van der Waals surface area contributed by atoms with Crippen LogP contribution in [0, 0.1) is 0 Å². The van der Waals surface area contributed by atoms with Gasteiger partial charge in [-0.15, -0.1) is 0 Å². The predicted octanol–water partition coefficient (Wildman–Crippen LogP) is 0.518. The fraction of sp³-hybridized carbons (Fsp3) is 0.364. The van der Waals surface area contributed by atoms with Gasteiger partial charge in [0.15, 0.2) is 0 Å². The number of rotatable bonds is 3. The Labute approximate surface area is 106 Å². The number of hydrogen-bond acceptors (Lipinski definition) is 4. The lowest BCUT2D eigenvalue weighted by atomic mass is 10.2. The van der Waals surface area contributed by atoms with Crippen molar-refractivity contribution in [2.75, 3.05) is 23.7 Å². The summed E-state index contributed by atoms with van der Waals surface area (Å²) in [6.07, 6.45) is 0.633. The minimum Gasteiger partial charge on any atom is -0.277 e. The molecule has 1 saturated heterocycles. The molecule has 6 nitrogen and oxygen atoms in total. The van der Waals surface area contributed by atoms with Crippen molar-refractivity contribution in [2.45, 2.75) is 6.42 Å². The number of sulfonamides is 1. The largest absolute Gasteiger partial charge is 0.277 e. The molecule has 0 radical (unpaired) electrons. The van der Waals surface area contributed by atoms with E-state index in [2.05, 4.69) is 10.3 Å². The molecule has 2 rings (SSSR count). The first kappa shape index (κ1) is 12.8. The second-order valence-corrected chi connectivity index (χ2v) is 5.94. The molecular weight excluding hydrogens is 256 g/mol. The lowest BCUT2D eigenvalue weighted by Gasteiger charge is -2.16. The number of hydrogen-bond donors (Lipinski definition) is 1. The average molecular weight is 270 g/mol. The van der Waals surface area contributed by atoms with E-state index in [-0.39, 0.29) is 11.7 Å². The standard InChI is InChI=1S/C11H14N2O4S/c1-17-12-11(14)9-3-5-10(6-4-9)13-7-2-8-18(13,15)16/h3-6H,2,7-8H2,1H3,(H,12,14). The lowest BCUT2D eigenvalue weighted by Crippen LogP contribution is -2.25. The molecule has 0 spiro atoms. The minimum absolute atomic E-state index is 0.179. The topological polar surface area (TPSA) is 75.7 Å².